The maximum atomic E-state index is 12.7. The number of aromatic nitrogens is 2. The Kier molecular flexibility index (Phi) is 4.68. The van der Waals surface area contributed by atoms with Crippen LogP contribution < -0.4 is 10.6 Å². The maximum Gasteiger partial charge on any atom is 0.257 e. The second kappa shape index (κ2) is 7.28. The summed E-state index contributed by atoms with van der Waals surface area (Å²) in [5, 5.41) is 6.84. The summed E-state index contributed by atoms with van der Waals surface area (Å²) in [5.41, 5.74) is 1.88. The molecule has 0 bridgehead atoms. The van der Waals surface area contributed by atoms with E-state index >= 15 is 0 Å². The number of rotatable bonds is 5. The van der Waals surface area contributed by atoms with Crippen LogP contribution in [0.15, 0.2) is 54.6 Å². The Labute approximate surface area is 161 Å². The van der Waals surface area contributed by atoms with Crippen LogP contribution in [0.4, 0.5) is 5.82 Å². The van der Waals surface area contributed by atoms with Gasteiger partial charge in [-0.3, -0.25) is 9.59 Å². The van der Waals surface area contributed by atoms with Crippen LogP contribution in [0.2, 0.25) is 0 Å². The van der Waals surface area contributed by atoms with Crippen LogP contribution >= 0.6 is 12.2 Å². The second-order valence-electron chi connectivity index (χ2n) is 6.42. The topological polar surface area (TPSA) is 76.0 Å². The SMILES string of the molecule is O=C(C[C@H]1Nc2c3ccccc3nc(=S)n2C1=O)NCCc1ccccc1. The molecule has 0 fully saturated rings. The highest BCUT2D eigenvalue weighted by molar-refractivity contribution is 7.71. The average molecular weight is 378 g/mol. The molecular formula is C20H18N4O2S. The zero-order valence-electron chi connectivity index (χ0n) is 14.5. The van der Waals surface area contributed by atoms with Crippen LogP contribution in [-0.2, 0) is 11.2 Å². The van der Waals surface area contributed by atoms with Gasteiger partial charge in [0.05, 0.1) is 11.9 Å². The number of carbonyl (C=O) groups is 2. The summed E-state index contributed by atoms with van der Waals surface area (Å²) in [6, 6.07) is 16.8. The number of nitrogens with zero attached hydrogens (tertiary/aromatic N) is 2. The molecule has 2 aromatic carbocycles. The van der Waals surface area contributed by atoms with Crippen LogP contribution in [0.1, 0.15) is 16.8 Å². The van der Waals surface area contributed by atoms with Gasteiger partial charge in [0.15, 0.2) is 0 Å². The van der Waals surface area contributed by atoms with Crippen LogP contribution in [0.3, 0.4) is 0 Å². The van der Waals surface area contributed by atoms with E-state index in [9.17, 15) is 9.59 Å². The fourth-order valence-corrected chi connectivity index (χ4v) is 3.54. The summed E-state index contributed by atoms with van der Waals surface area (Å²) >= 11 is 5.26. The second-order valence-corrected chi connectivity index (χ2v) is 6.79. The molecule has 2 heterocycles. The normalized spacial score (nSPS) is 15.4. The quantitative estimate of drug-likeness (QED) is 0.668. The fraction of sp³-hybridized carbons (Fsp3) is 0.200. The van der Waals surface area contributed by atoms with E-state index in [1.165, 1.54) is 4.57 Å². The minimum absolute atomic E-state index is 0.0540. The fourth-order valence-electron chi connectivity index (χ4n) is 3.26. The lowest BCUT2D eigenvalue weighted by molar-refractivity contribution is -0.121. The molecule has 0 unspecified atom stereocenters. The molecule has 1 aliphatic heterocycles. The van der Waals surface area contributed by atoms with Gasteiger partial charge < -0.3 is 10.6 Å². The summed E-state index contributed by atoms with van der Waals surface area (Å²) in [4.78, 5) is 29.3. The molecule has 0 saturated heterocycles. The van der Waals surface area contributed by atoms with Crippen molar-refractivity contribution in [2.45, 2.75) is 18.9 Å². The molecule has 3 aromatic rings. The number of para-hydroxylation sites is 1. The predicted molar refractivity (Wildman–Crippen MR) is 106 cm³/mol. The molecule has 1 aromatic heterocycles. The number of nitrogens with one attached hydrogen (secondary N) is 2. The molecule has 0 aliphatic carbocycles. The number of benzene rings is 2. The molecule has 1 amide bonds. The molecule has 7 heteroatoms. The smallest absolute Gasteiger partial charge is 0.257 e. The first-order valence-electron chi connectivity index (χ1n) is 8.76. The molecule has 2 N–H and O–H groups in total. The number of hydrogen-bond acceptors (Lipinski definition) is 5. The van der Waals surface area contributed by atoms with Crippen molar-refractivity contribution in [3.8, 4) is 0 Å². The van der Waals surface area contributed by atoms with Crippen molar-refractivity contribution in [3.63, 3.8) is 0 Å². The number of amides is 1. The third-order valence-electron chi connectivity index (χ3n) is 4.59. The van der Waals surface area contributed by atoms with Gasteiger partial charge in [-0.1, -0.05) is 42.5 Å². The first-order valence-corrected chi connectivity index (χ1v) is 9.17. The van der Waals surface area contributed by atoms with Gasteiger partial charge >= 0.3 is 0 Å². The Balaban J connectivity index is 1.44. The lowest BCUT2D eigenvalue weighted by Gasteiger charge is -2.10. The van der Waals surface area contributed by atoms with Crippen LogP contribution in [-0.4, -0.2) is 34.0 Å². The summed E-state index contributed by atoms with van der Waals surface area (Å²) < 4.78 is 1.59. The summed E-state index contributed by atoms with van der Waals surface area (Å²) in [7, 11) is 0. The third kappa shape index (κ3) is 3.46. The first kappa shape index (κ1) is 17.4. The van der Waals surface area contributed by atoms with Gasteiger partial charge in [0, 0.05) is 11.9 Å². The largest absolute Gasteiger partial charge is 0.358 e. The van der Waals surface area contributed by atoms with Gasteiger partial charge in [0.25, 0.3) is 5.91 Å². The van der Waals surface area contributed by atoms with Crippen LogP contribution in [0.5, 0.6) is 0 Å². The van der Waals surface area contributed by atoms with Crippen LogP contribution in [0, 0.1) is 4.77 Å². The molecule has 1 atom stereocenters. The van der Waals surface area contributed by atoms with Crippen LogP contribution in [0.25, 0.3) is 10.9 Å². The van der Waals surface area contributed by atoms with E-state index in [1.54, 1.807) is 0 Å². The number of hydrogen-bond donors (Lipinski definition) is 2. The van der Waals surface area contributed by atoms with Crippen molar-refractivity contribution in [3.05, 3.63) is 64.9 Å². The van der Waals surface area contributed by atoms with Gasteiger partial charge in [0.1, 0.15) is 11.9 Å². The number of anilines is 1. The lowest BCUT2D eigenvalue weighted by atomic mass is 10.1. The van der Waals surface area contributed by atoms with E-state index in [1.807, 2.05) is 54.6 Å². The Morgan fingerprint density at radius 2 is 1.89 bits per heavy atom. The number of fused-ring (bicyclic) bond motifs is 3. The molecular weight excluding hydrogens is 360 g/mol. The molecule has 27 heavy (non-hydrogen) atoms. The Morgan fingerprint density at radius 3 is 2.70 bits per heavy atom. The van der Waals surface area contributed by atoms with Crippen molar-refractivity contribution >= 4 is 40.8 Å². The Morgan fingerprint density at radius 1 is 1.15 bits per heavy atom. The van der Waals surface area contributed by atoms with Crippen molar-refractivity contribution in [1.82, 2.24) is 14.9 Å². The van der Waals surface area contributed by atoms with Gasteiger partial charge in [-0.2, -0.15) is 0 Å². The molecule has 0 spiro atoms. The zero-order chi connectivity index (χ0) is 18.8. The molecule has 0 radical (unpaired) electrons. The predicted octanol–water partition coefficient (Wildman–Crippen LogP) is 2.95. The lowest BCUT2D eigenvalue weighted by Crippen LogP contribution is -2.34. The van der Waals surface area contributed by atoms with Crippen molar-refractivity contribution in [2.75, 3.05) is 11.9 Å². The summed E-state index contributed by atoms with van der Waals surface area (Å²) in [6.45, 7) is 0.528. The van der Waals surface area contributed by atoms with E-state index < -0.39 is 6.04 Å². The summed E-state index contributed by atoms with van der Waals surface area (Å²) in [5.74, 6) is 0.192. The molecule has 4 rings (SSSR count). The highest BCUT2D eigenvalue weighted by Gasteiger charge is 2.33. The maximum absolute atomic E-state index is 12.7. The highest BCUT2D eigenvalue weighted by atomic mass is 32.1. The third-order valence-corrected chi connectivity index (χ3v) is 4.86. The van der Waals surface area contributed by atoms with Crippen molar-refractivity contribution < 1.29 is 9.59 Å². The Hall–Kier alpha value is -3.06. The average Bonchev–Trinajstić information content (AvgIpc) is 3.00. The van der Waals surface area contributed by atoms with Gasteiger partial charge in [-0.25, -0.2) is 9.55 Å². The van der Waals surface area contributed by atoms with Gasteiger partial charge in [0.2, 0.25) is 10.7 Å². The monoisotopic (exact) mass is 378 g/mol. The minimum Gasteiger partial charge on any atom is -0.358 e. The van der Waals surface area contributed by atoms with E-state index in [0.717, 1.165) is 22.9 Å². The van der Waals surface area contributed by atoms with E-state index in [2.05, 4.69) is 15.6 Å². The van der Waals surface area contributed by atoms with Gasteiger partial charge in [-0.05, 0) is 36.3 Å². The first-order chi connectivity index (χ1) is 13.1. The highest BCUT2D eigenvalue weighted by Crippen LogP contribution is 2.28. The van der Waals surface area contributed by atoms with E-state index in [0.29, 0.717) is 12.4 Å². The molecule has 6 nitrogen and oxygen atoms in total. The van der Waals surface area contributed by atoms with E-state index in [-0.39, 0.29) is 23.0 Å². The molecule has 0 saturated carbocycles. The Bertz CT molecular complexity index is 1080. The molecule has 136 valence electrons. The van der Waals surface area contributed by atoms with E-state index in [4.69, 9.17) is 12.2 Å². The minimum atomic E-state index is -0.643. The molecule has 1 aliphatic rings. The zero-order valence-corrected chi connectivity index (χ0v) is 15.3. The van der Waals surface area contributed by atoms with Crippen molar-refractivity contribution in [2.24, 2.45) is 0 Å². The van der Waals surface area contributed by atoms with Crippen molar-refractivity contribution in [1.29, 1.82) is 0 Å². The summed E-state index contributed by atoms with van der Waals surface area (Å²) in [6.07, 6.45) is 0.802. The standard InChI is InChI=1S/C20H18N4O2S/c25-17(21-11-10-13-6-2-1-3-7-13)12-16-19(26)24-18(22-16)14-8-4-5-9-15(14)23-20(24)27/h1-9,16,22H,10-12H2,(H,21,25)/t16-/m1/s1. The number of carbonyl (C=O) groups excluding carboxylic acids is 2. The van der Waals surface area contributed by atoms with Gasteiger partial charge in [-0.15, -0.1) is 0 Å².